The molecule has 0 N–H and O–H groups in total. The molecule has 242 valence electrons. The van der Waals surface area contributed by atoms with E-state index in [1.54, 1.807) is 12.1 Å². The van der Waals surface area contributed by atoms with E-state index >= 15 is 8.78 Å². The minimum Gasteiger partial charge on any atom is -0.398 e. The third kappa shape index (κ3) is 5.61. The molecule has 1 amide bonds. The minimum absolute atomic E-state index is 0.00705. The van der Waals surface area contributed by atoms with E-state index in [2.05, 4.69) is 9.97 Å². The molecule has 2 aliphatic rings. The van der Waals surface area contributed by atoms with Gasteiger partial charge in [-0.15, -0.1) is 0 Å². The van der Waals surface area contributed by atoms with Crippen molar-refractivity contribution in [2.45, 2.75) is 57.1 Å². The minimum atomic E-state index is -4.21. The molecule has 2 saturated heterocycles. The summed E-state index contributed by atoms with van der Waals surface area (Å²) in [6, 6.07) is 8.28. The monoisotopic (exact) mass is 652 g/mol. The van der Waals surface area contributed by atoms with Gasteiger partial charge in [0.05, 0.1) is 28.3 Å². The second-order valence-corrected chi connectivity index (χ2v) is 14.8. The summed E-state index contributed by atoms with van der Waals surface area (Å²) in [4.78, 5) is 23.5. The number of carbonyl (C=O) groups is 1. The molecule has 46 heavy (non-hydrogen) atoms. The highest BCUT2D eigenvalue weighted by atomic mass is 32.2. The number of fused-ring (bicyclic) bond motifs is 1. The van der Waals surface area contributed by atoms with Crippen LogP contribution in [-0.2, 0) is 24.1 Å². The Balaban J connectivity index is 1.46. The van der Waals surface area contributed by atoms with Crippen molar-refractivity contribution in [3.63, 3.8) is 0 Å². The number of rotatable bonds is 7. The Morgan fingerprint density at radius 2 is 1.72 bits per heavy atom. The highest BCUT2D eigenvalue weighted by molar-refractivity contribution is 7.90. The molecule has 2 fully saturated rings. The maximum atomic E-state index is 15.6. The number of aromatic nitrogens is 3. The Labute approximate surface area is 266 Å². The molecular formula is C32H35BF2N4O6S. The van der Waals surface area contributed by atoms with Crippen LogP contribution in [0.4, 0.5) is 8.78 Å². The van der Waals surface area contributed by atoms with Crippen LogP contribution in [0.25, 0.3) is 22.3 Å². The molecule has 10 nitrogen and oxygen atoms in total. The van der Waals surface area contributed by atoms with Gasteiger partial charge in [-0.05, 0) is 70.9 Å². The van der Waals surface area contributed by atoms with Crippen LogP contribution in [0.1, 0.15) is 50.0 Å². The van der Waals surface area contributed by atoms with Gasteiger partial charge in [0.1, 0.15) is 22.7 Å². The smallest absolute Gasteiger partial charge is 0.398 e. The number of halogens is 2. The molecule has 0 bridgehead atoms. The molecule has 2 aromatic carbocycles. The van der Waals surface area contributed by atoms with Crippen molar-refractivity contribution in [1.29, 1.82) is 0 Å². The number of hydrogen-bond donors (Lipinski definition) is 0. The van der Waals surface area contributed by atoms with Crippen molar-refractivity contribution in [2.24, 2.45) is 5.92 Å². The normalized spacial score (nSPS) is 19.2. The topological polar surface area (TPSA) is 113 Å². The standard InChI is InChI=1S/C32H35BF2N4O6S/c1-19-7-9-22(10-8-19)46(41,42)39-17-23(28-29(39)36-15-26(37-28)33-44-31(2,3)32(4,5)45-33)21-13-24(34)27(25(35)14-21)30(40)38(6)16-20-11-12-43-18-20/h7-10,13-15,17,20H,11-12,16,18H2,1-6H3. The van der Waals surface area contributed by atoms with Crippen molar-refractivity contribution in [3.8, 4) is 11.1 Å². The van der Waals surface area contributed by atoms with E-state index in [0.29, 0.717) is 19.8 Å². The third-order valence-corrected chi connectivity index (χ3v) is 10.7. The molecule has 2 aromatic heterocycles. The van der Waals surface area contributed by atoms with Crippen LogP contribution in [-0.4, -0.2) is 78.3 Å². The SMILES string of the molecule is Cc1ccc(S(=O)(=O)n2cc(-c3cc(F)c(C(=O)N(C)CC4CCOC4)c(F)c3)c3nc(B4OC(C)(C)C(C)(C)O4)cnc32)cc1. The van der Waals surface area contributed by atoms with E-state index in [1.807, 2.05) is 34.6 Å². The zero-order valence-corrected chi connectivity index (χ0v) is 27.3. The summed E-state index contributed by atoms with van der Waals surface area (Å²) in [6.07, 6.45) is 3.35. The van der Waals surface area contributed by atoms with Crippen LogP contribution in [0.15, 0.2) is 53.7 Å². The number of carbonyl (C=O) groups excluding carboxylic acids is 1. The Hall–Kier alpha value is -3.72. The van der Waals surface area contributed by atoms with Gasteiger partial charge in [-0.2, -0.15) is 0 Å². The molecule has 1 atom stereocenters. The fraction of sp³-hybridized carbons (Fsp3) is 0.406. The van der Waals surface area contributed by atoms with Gasteiger partial charge in [-0.25, -0.2) is 26.2 Å². The lowest BCUT2D eigenvalue weighted by Crippen LogP contribution is -2.41. The van der Waals surface area contributed by atoms with E-state index in [-0.39, 0.29) is 38.7 Å². The van der Waals surface area contributed by atoms with Crippen LogP contribution in [0, 0.1) is 24.5 Å². The van der Waals surface area contributed by atoms with Crippen LogP contribution < -0.4 is 5.59 Å². The molecule has 4 heterocycles. The molecule has 1 unspecified atom stereocenters. The van der Waals surface area contributed by atoms with Crippen molar-refractivity contribution in [3.05, 3.63) is 71.6 Å². The van der Waals surface area contributed by atoms with Crippen molar-refractivity contribution < 1.29 is 36.0 Å². The fourth-order valence-corrected chi connectivity index (χ4v) is 6.91. The zero-order valence-electron chi connectivity index (χ0n) is 26.5. The quantitative estimate of drug-likeness (QED) is 0.272. The largest absolute Gasteiger partial charge is 0.516 e. The first kappa shape index (κ1) is 32.2. The molecule has 6 rings (SSSR count). The van der Waals surface area contributed by atoms with E-state index in [1.165, 1.54) is 36.5 Å². The molecule has 2 aliphatic heterocycles. The summed E-state index contributed by atoms with van der Waals surface area (Å²) in [6.45, 7) is 10.7. The number of nitrogens with zero attached hydrogens (tertiary/aromatic N) is 4. The summed E-state index contributed by atoms with van der Waals surface area (Å²) in [7, 11) is -3.65. The Bertz CT molecular complexity index is 1900. The summed E-state index contributed by atoms with van der Waals surface area (Å²) in [5.41, 5.74) is -0.907. The number of ether oxygens (including phenoxy) is 1. The van der Waals surface area contributed by atoms with Crippen molar-refractivity contribution in [2.75, 3.05) is 26.8 Å². The highest BCUT2D eigenvalue weighted by Crippen LogP contribution is 2.37. The lowest BCUT2D eigenvalue weighted by molar-refractivity contribution is 0.00578. The van der Waals surface area contributed by atoms with Crippen LogP contribution in [0.3, 0.4) is 0 Å². The molecule has 0 radical (unpaired) electrons. The predicted molar refractivity (Wildman–Crippen MR) is 168 cm³/mol. The average molecular weight is 653 g/mol. The number of hydrogen-bond acceptors (Lipinski definition) is 8. The summed E-state index contributed by atoms with van der Waals surface area (Å²) in [5, 5.41) is 0. The van der Waals surface area contributed by atoms with Gasteiger partial charge in [0, 0.05) is 44.1 Å². The molecule has 0 aliphatic carbocycles. The third-order valence-electron chi connectivity index (χ3n) is 9.02. The maximum Gasteiger partial charge on any atom is 0.516 e. The van der Waals surface area contributed by atoms with Crippen LogP contribution in [0.2, 0.25) is 0 Å². The predicted octanol–water partition coefficient (Wildman–Crippen LogP) is 4.33. The summed E-state index contributed by atoms with van der Waals surface area (Å²) >= 11 is 0. The van der Waals surface area contributed by atoms with Crippen LogP contribution >= 0.6 is 0 Å². The number of aryl methyl sites for hydroxylation is 1. The second-order valence-electron chi connectivity index (χ2n) is 12.9. The van der Waals surface area contributed by atoms with Gasteiger partial charge in [0.2, 0.25) is 0 Å². The lowest BCUT2D eigenvalue weighted by Gasteiger charge is -2.32. The van der Waals surface area contributed by atoms with Crippen molar-refractivity contribution >= 4 is 39.8 Å². The van der Waals surface area contributed by atoms with Gasteiger partial charge in [0.15, 0.2) is 5.65 Å². The Morgan fingerprint density at radius 1 is 1.09 bits per heavy atom. The lowest BCUT2D eigenvalue weighted by atomic mass is 9.85. The first-order valence-corrected chi connectivity index (χ1v) is 16.4. The van der Waals surface area contributed by atoms with Gasteiger partial charge in [0.25, 0.3) is 15.9 Å². The number of benzene rings is 2. The van der Waals surface area contributed by atoms with Gasteiger partial charge >= 0.3 is 7.12 Å². The van der Waals surface area contributed by atoms with Gasteiger partial charge < -0.3 is 18.9 Å². The zero-order chi connectivity index (χ0) is 33.2. The van der Waals surface area contributed by atoms with Crippen LogP contribution in [0.5, 0.6) is 0 Å². The first-order valence-electron chi connectivity index (χ1n) is 15.0. The molecular weight excluding hydrogens is 617 g/mol. The average Bonchev–Trinajstić information content (AvgIpc) is 3.69. The van der Waals surface area contributed by atoms with E-state index in [0.717, 1.165) is 28.1 Å². The maximum absolute atomic E-state index is 15.6. The van der Waals surface area contributed by atoms with Crippen molar-refractivity contribution in [1.82, 2.24) is 18.8 Å². The molecule has 0 saturated carbocycles. The van der Waals surface area contributed by atoms with E-state index in [4.69, 9.17) is 14.0 Å². The highest BCUT2D eigenvalue weighted by Gasteiger charge is 2.52. The number of amides is 1. The van der Waals surface area contributed by atoms with E-state index in [9.17, 15) is 13.2 Å². The first-order chi connectivity index (χ1) is 21.6. The fourth-order valence-electron chi connectivity index (χ4n) is 5.59. The molecule has 14 heteroatoms. The van der Waals surface area contributed by atoms with E-state index < -0.39 is 51.4 Å². The molecule has 4 aromatic rings. The van der Waals surface area contributed by atoms with Gasteiger partial charge in [-0.3, -0.25) is 9.78 Å². The Morgan fingerprint density at radius 3 is 2.30 bits per heavy atom. The summed E-state index contributed by atoms with van der Waals surface area (Å²) < 4.78 is 77.5. The summed E-state index contributed by atoms with van der Waals surface area (Å²) in [5.74, 6) is -2.91. The second kappa shape index (κ2) is 11.5. The Kier molecular flexibility index (Phi) is 8.07. The molecule has 0 spiro atoms. The van der Waals surface area contributed by atoms with Gasteiger partial charge in [-0.1, -0.05) is 17.7 Å².